The van der Waals surface area contributed by atoms with Crippen LogP contribution in [0.5, 0.6) is 0 Å². The zero-order valence-corrected chi connectivity index (χ0v) is 11.7. The predicted octanol–water partition coefficient (Wildman–Crippen LogP) is 1.01. The molecule has 0 aliphatic carbocycles. The Balaban J connectivity index is 1.76. The van der Waals surface area contributed by atoms with Crippen LogP contribution >= 0.6 is 0 Å². The summed E-state index contributed by atoms with van der Waals surface area (Å²) in [6.45, 7) is 3.21. The van der Waals surface area contributed by atoms with Crippen molar-refractivity contribution in [2.75, 3.05) is 44.3 Å². The van der Waals surface area contributed by atoms with Gasteiger partial charge in [-0.2, -0.15) is 0 Å². The van der Waals surface area contributed by atoms with Crippen LogP contribution in [-0.2, 0) is 4.74 Å². The minimum absolute atomic E-state index is 0.0235. The first-order valence-electron chi connectivity index (χ1n) is 7.03. The number of halogens is 1. The van der Waals surface area contributed by atoms with E-state index in [1.54, 1.807) is 12.3 Å². The second-order valence-corrected chi connectivity index (χ2v) is 5.01. The maximum Gasteiger partial charge on any atom is 0.273 e. The fraction of sp³-hybridized carbons (Fsp3) is 0.500. The predicted molar refractivity (Wildman–Crippen MR) is 74.8 cm³/mol. The number of ether oxygens (including phenoxy) is 1. The summed E-state index contributed by atoms with van der Waals surface area (Å²) in [6.07, 6.45) is 3.63. The van der Waals surface area contributed by atoms with Crippen LogP contribution in [0.3, 0.4) is 0 Å². The largest absolute Gasteiger partial charge is 0.378 e. The molecule has 7 heteroatoms. The summed E-state index contributed by atoms with van der Waals surface area (Å²) in [6, 6.07) is 1.57. The zero-order valence-electron chi connectivity index (χ0n) is 11.7. The van der Waals surface area contributed by atoms with E-state index in [9.17, 15) is 9.18 Å². The highest BCUT2D eigenvalue weighted by molar-refractivity contribution is 5.92. The maximum absolute atomic E-state index is 13.3. The van der Waals surface area contributed by atoms with Crippen LogP contribution in [0.2, 0.25) is 0 Å². The molecule has 0 bridgehead atoms. The molecule has 1 aromatic rings. The number of nitrogens with zero attached hydrogens (tertiary/aromatic N) is 4. The van der Waals surface area contributed by atoms with Gasteiger partial charge in [-0.25, -0.2) is 14.4 Å². The highest BCUT2D eigenvalue weighted by Gasteiger charge is 2.22. The van der Waals surface area contributed by atoms with Gasteiger partial charge in [-0.15, -0.1) is 0 Å². The van der Waals surface area contributed by atoms with Gasteiger partial charge in [-0.05, 0) is 18.6 Å². The van der Waals surface area contributed by atoms with Crippen LogP contribution in [0.4, 0.5) is 10.3 Å². The lowest BCUT2D eigenvalue weighted by molar-refractivity contribution is 0.0749. The number of hydrogen-bond donors (Lipinski definition) is 0. The number of carbonyl (C=O) groups is 1. The van der Waals surface area contributed by atoms with Crippen molar-refractivity contribution in [2.45, 2.75) is 6.42 Å². The number of morpholine rings is 1. The van der Waals surface area contributed by atoms with Crippen molar-refractivity contribution in [1.29, 1.82) is 0 Å². The first-order chi connectivity index (χ1) is 10.2. The Bertz CT molecular complexity index is 558. The van der Waals surface area contributed by atoms with E-state index in [0.717, 1.165) is 0 Å². The van der Waals surface area contributed by atoms with E-state index in [0.29, 0.717) is 50.9 Å². The summed E-state index contributed by atoms with van der Waals surface area (Å²) in [4.78, 5) is 24.4. The van der Waals surface area contributed by atoms with Crippen molar-refractivity contribution in [3.05, 3.63) is 29.9 Å². The minimum Gasteiger partial charge on any atom is -0.378 e. The molecule has 2 aliphatic rings. The lowest BCUT2D eigenvalue weighted by Gasteiger charge is -2.27. The van der Waals surface area contributed by atoms with E-state index in [-0.39, 0.29) is 18.3 Å². The fourth-order valence-electron chi connectivity index (χ4n) is 2.42. The summed E-state index contributed by atoms with van der Waals surface area (Å²) in [5, 5.41) is 0. The molecule has 0 atom stereocenters. The van der Waals surface area contributed by atoms with Gasteiger partial charge >= 0.3 is 0 Å². The molecule has 1 saturated heterocycles. The first-order valence-corrected chi connectivity index (χ1v) is 7.03. The van der Waals surface area contributed by atoms with Crippen LogP contribution in [0, 0.1) is 0 Å². The molecule has 2 aliphatic heterocycles. The molecule has 3 rings (SSSR count). The topological polar surface area (TPSA) is 58.6 Å². The average Bonchev–Trinajstić information content (AvgIpc) is 2.55. The Kier molecular flexibility index (Phi) is 4.10. The van der Waals surface area contributed by atoms with Crippen LogP contribution in [0.1, 0.15) is 16.9 Å². The quantitative estimate of drug-likeness (QED) is 0.814. The van der Waals surface area contributed by atoms with Gasteiger partial charge in [0.1, 0.15) is 11.5 Å². The standard InChI is InChI=1S/C14H17FN4O2/c15-11-2-1-5-19(10-11)13(20)12-3-4-16-14(17-12)18-6-8-21-9-7-18/h2-4H,1,5-10H2. The molecule has 0 spiro atoms. The van der Waals surface area contributed by atoms with Gasteiger partial charge in [0.05, 0.1) is 19.8 Å². The second-order valence-electron chi connectivity index (χ2n) is 5.01. The summed E-state index contributed by atoms with van der Waals surface area (Å²) >= 11 is 0. The van der Waals surface area contributed by atoms with Crippen LogP contribution in [-0.4, -0.2) is 60.2 Å². The van der Waals surface area contributed by atoms with E-state index in [2.05, 4.69) is 9.97 Å². The first kappa shape index (κ1) is 13.9. The number of anilines is 1. The minimum atomic E-state index is -0.267. The van der Waals surface area contributed by atoms with E-state index in [4.69, 9.17) is 4.74 Å². The normalized spacial score (nSPS) is 19.4. The highest BCUT2D eigenvalue weighted by Crippen LogP contribution is 2.15. The second kappa shape index (κ2) is 6.17. The SMILES string of the molecule is O=C(c1ccnc(N2CCOCC2)n1)N1CCC=C(F)C1. The van der Waals surface area contributed by atoms with Crippen LogP contribution < -0.4 is 4.90 Å². The Labute approximate surface area is 122 Å². The summed E-state index contributed by atoms with van der Waals surface area (Å²) in [5.74, 6) is 0.00407. The smallest absolute Gasteiger partial charge is 0.273 e. The molecule has 0 radical (unpaired) electrons. The van der Waals surface area contributed by atoms with Crippen LogP contribution in [0.25, 0.3) is 0 Å². The van der Waals surface area contributed by atoms with Gasteiger partial charge in [0.25, 0.3) is 5.91 Å². The van der Waals surface area contributed by atoms with Crippen molar-refractivity contribution in [3.63, 3.8) is 0 Å². The molecule has 0 aromatic carbocycles. The Morgan fingerprint density at radius 1 is 1.29 bits per heavy atom. The van der Waals surface area contributed by atoms with Gasteiger partial charge in [0, 0.05) is 25.8 Å². The Morgan fingerprint density at radius 3 is 2.86 bits per heavy atom. The zero-order chi connectivity index (χ0) is 14.7. The lowest BCUT2D eigenvalue weighted by Crippen LogP contribution is -2.38. The molecule has 3 heterocycles. The molecular formula is C14H17FN4O2. The third-order valence-corrected chi connectivity index (χ3v) is 3.55. The number of carbonyl (C=O) groups excluding carboxylic acids is 1. The molecular weight excluding hydrogens is 275 g/mol. The summed E-state index contributed by atoms with van der Waals surface area (Å²) in [5.41, 5.74) is 0.307. The maximum atomic E-state index is 13.3. The summed E-state index contributed by atoms with van der Waals surface area (Å²) < 4.78 is 18.6. The number of rotatable bonds is 2. The van der Waals surface area contributed by atoms with E-state index < -0.39 is 0 Å². The van der Waals surface area contributed by atoms with Gasteiger partial charge < -0.3 is 14.5 Å². The van der Waals surface area contributed by atoms with E-state index >= 15 is 0 Å². The molecule has 21 heavy (non-hydrogen) atoms. The van der Waals surface area contributed by atoms with Crippen molar-refractivity contribution >= 4 is 11.9 Å². The molecule has 6 nitrogen and oxygen atoms in total. The lowest BCUT2D eigenvalue weighted by atomic mass is 10.2. The Hall–Kier alpha value is -2.02. The number of hydrogen-bond acceptors (Lipinski definition) is 5. The molecule has 1 amide bonds. The fourth-order valence-corrected chi connectivity index (χ4v) is 2.42. The monoisotopic (exact) mass is 292 g/mol. The van der Waals surface area contributed by atoms with Crippen molar-refractivity contribution in [2.24, 2.45) is 0 Å². The van der Waals surface area contributed by atoms with Gasteiger partial charge in [-0.1, -0.05) is 0 Å². The third kappa shape index (κ3) is 3.18. The Morgan fingerprint density at radius 2 is 2.10 bits per heavy atom. The van der Waals surface area contributed by atoms with Crippen molar-refractivity contribution < 1.29 is 13.9 Å². The van der Waals surface area contributed by atoms with Crippen molar-refractivity contribution in [3.8, 4) is 0 Å². The molecule has 1 fully saturated rings. The molecule has 0 unspecified atom stereocenters. The van der Waals surface area contributed by atoms with E-state index in [1.807, 2.05) is 4.90 Å². The number of aromatic nitrogens is 2. The average molecular weight is 292 g/mol. The van der Waals surface area contributed by atoms with Gasteiger partial charge in [0.2, 0.25) is 5.95 Å². The van der Waals surface area contributed by atoms with Crippen LogP contribution in [0.15, 0.2) is 24.2 Å². The third-order valence-electron chi connectivity index (χ3n) is 3.55. The highest BCUT2D eigenvalue weighted by atomic mass is 19.1. The summed E-state index contributed by atoms with van der Waals surface area (Å²) in [7, 11) is 0. The molecule has 1 aromatic heterocycles. The van der Waals surface area contributed by atoms with Gasteiger partial charge in [-0.3, -0.25) is 4.79 Å². The molecule has 0 saturated carbocycles. The molecule has 0 N–H and O–H groups in total. The van der Waals surface area contributed by atoms with E-state index in [1.165, 1.54) is 11.0 Å². The van der Waals surface area contributed by atoms with Gasteiger partial charge in [0.15, 0.2) is 0 Å². The molecule has 112 valence electrons. The number of amides is 1. The van der Waals surface area contributed by atoms with Crippen molar-refractivity contribution in [1.82, 2.24) is 14.9 Å².